The fourth-order valence-electron chi connectivity index (χ4n) is 2.27. The molecular weight excluding hydrogens is 304 g/mol. The van der Waals surface area contributed by atoms with Crippen molar-refractivity contribution >= 4 is 17.9 Å². The second kappa shape index (κ2) is 8.15. The summed E-state index contributed by atoms with van der Waals surface area (Å²) in [5.74, 6) is 1.04. The molecule has 0 bridgehead atoms. The minimum atomic E-state index is -0.612. The van der Waals surface area contributed by atoms with E-state index in [1.807, 2.05) is 49.4 Å². The predicted octanol–water partition coefficient (Wildman–Crippen LogP) is 2.76. The third-order valence-electron chi connectivity index (χ3n) is 3.52. The van der Waals surface area contributed by atoms with Crippen molar-refractivity contribution in [2.75, 3.05) is 7.05 Å². The average molecular weight is 326 g/mol. The van der Waals surface area contributed by atoms with E-state index in [0.717, 1.165) is 11.3 Å². The lowest BCUT2D eigenvalue weighted by Gasteiger charge is -2.20. The van der Waals surface area contributed by atoms with Gasteiger partial charge in [-0.3, -0.25) is 9.59 Å². The molecule has 2 rings (SSSR count). The zero-order valence-electron chi connectivity index (χ0n) is 14.2. The quantitative estimate of drug-likeness (QED) is 0.830. The van der Waals surface area contributed by atoms with Gasteiger partial charge in [0.2, 0.25) is 11.8 Å². The van der Waals surface area contributed by atoms with Crippen LogP contribution < -0.4 is 5.32 Å². The Labute approximate surface area is 142 Å². The number of amides is 2. The minimum absolute atomic E-state index is 0.175. The molecule has 1 aromatic heterocycles. The number of hydrogen-bond donors (Lipinski definition) is 1. The Morgan fingerprint density at radius 1 is 1.21 bits per heavy atom. The maximum Gasteiger partial charge on any atom is 0.245 e. The van der Waals surface area contributed by atoms with E-state index in [4.69, 9.17) is 4.42 Å². The lowest BCUT2D eigenvalue weighted by Crippen LogP contribution is -2.44. The van der Waals surface area contributed by atoms with Gasteiger partial charge in [-0.15, -0.1) is 0 Å². The number of rotatable bonds is 6. The van der Waals surface area contributed by atoms with Crippen LogP contribution in [-0.2, 0) is 16.1 Å². The van der Waals surface area contributed by atoms with Gasteiger partial charge in [-0.05, 0) is 37.6 Å². The molecule has 0 saturated carbocycles. The highest BCUT2D eigenvalue weighted by Crippen LogP contribution is 2.09. The van der Waals surface area contributed by atoms with E-state index in [0.29, 0.717) is 12.3 Å². The Morgan fingerprint density at radius 2 is 1.92 bits per heavy atom. The van der Waals surface area contributed by atoms with E-state index in [2.05, 4.69) is 5.32 Å². The van der Waals surface area contributed by atoms with Gasteiger partial charge >= 0.3 is 0 Å². The third kappa shape index (κ3) is 5.12. The fraction of sp³-hybridized carbons (Fsp3) is 0.263. The highest BCUT2D eigenvalue weighted by atomic mass is 16.3. The third-order valence-corrected chi connectivity index (χ3v) is 3.52. The summed E-state index contributed by atoms with van der Waals surface area (Å²) in [5.41, 5.74) is 0.928. The number of hydrogen-bond acceptors (Lipinski definition) is 3. The Balaban J connectivity index is 1.86. The molecule has 0 spiro atoms. The van der Waals surface area contributed by atoms with Crippen LogP contribution in [0.15, 0.2) is 53.0 Å². The van der Waals surface area contributed by atoms with E-state index in [-0.39, 0.29) is 11.8 Å². The van der Waals surface area contributed by atoms with Gasteiger partial charge in [-0.25, -0.2) is 0 Å². The predicted molar refractivity (Wildman–Crippen MR) is 93.0 cm³/mol. The van der Waals surface area contributed by atoms with Gasteiger partial charge in [0.15, 0.2) is 0 Å². The van der Waals surface area contributed by atoms with Crippen molar-refractivity contribution in [1.29, 1.82) is 0 Å². The van der Waals surface area contributed by atoms with Gasteiger partial charge in [0.1, 0.15) is 17.6 Å². The van der Waals surface area contributed by atoms with E-state index < -0.39 is 6.04 Å². The van der Waals surface area contributed by atoms with Crippen molar-refractivity contribution < 1.29 is 14.0 Å². The molecule has 0 aliphatic heterocycles. The summed E-state index contributed by atoms with van der Waals surface area (Å²) >= 11 is 0. The molecule has 5 nitrogen and oxygen atoms in total. The molecule has 0 radical (unpaired) electrons. The number of furan rings is 1. The number of likely N-dealkylation sites (N-methyl/N-ethyl adjacent to an activating group) is 1. The van der Waals surface area contributed by atoms with Crippen LogP contribution in [0.25, 0.3) is 6.08 Å². The molecule has 0 aliphatic rings. The standard InChI is InChI=1S/C19H22N2O3/c1-14-9-11-17(24-14)13-21(3)19(23)15(2)20-18(22)12-10-16-7-5-4-6-8-16/h4-12,15H,13H2,1-3H3,(H,20,22)/b12-10+. The highest BCUT2D eigenvalue weighted by Gasteiger charge is 2.19. The summed E-state index contributed by atoms with van der Waals surface area (Å²) in [6.07, 6.45) is 3.14. The number of benzene rings is 1. The summed E-state index contributed by atoms with van der Waals surface area (Å²) in [6, 6.07) is 12.6. The van der Waals surface area contributed by atoms with Gasteiger partial charge < -0.3 is 14.6 Å². The first-order chi connectivity index (χ1) is 11.5. The summed E-state index contributed by atoms with van der Waals surface area (Å²) < 4.78 is 5.46. The fourth-order valence-corrected chi connectivity index (χ4v) is 2.27. The molecule has 2 amide bonds. The van der Waals surface area contributed by atoms with Crippen LogP contribution in [0.2, 0.25) is 0 Å². The number of nitrogens with zero attached hydrogens (tertiary/aromatic N) is 1. The van der Waals surface area contributed by atoms with Gasteiger partial charge in [0.05, 0.1) is 6.54 Å². The SMILES string of the molecule is Cc1ccc(CN(C)C(=O)C(C)NC(=O)/C=C/c2ccccc2)o1. The molecule has 0 fully saturated rings. The molecule has 24 heavy (non-hydrogen) atoms. The number of carbonyl (C=O) groups excluding carboxylic acids is 2. The van der Waals surface area contributed by atoms with E-state index >= 15 is 0 Å². The molecule has 1 aromatic carbocycles. The Hall–Kier alpha value is -2.82. The molecule has 2 aromatic rings. The zero-order valence-corrected chi connectivity index (χ0v) is 14.2. The van der Waals surface area contributed by atoms with Crippen LogP contribution in [-0.4, -0.2) is 29.8 Å². The lowest BCUT2D eigenvalue weighted by atomic mass is 10.2. The first kappa shape index (κ1) is 17.5. The Kier molecular flexibility index (Phi) is 5.95. The van der Waals surface area contributed by atoms with E-state index in [9.17, 15) is 9.59 Å². The number of aryl methyl sites for hydroxylation is 1. The maximum absolute atomic E-state index is 12.3. The Morgan fingerprint density at radius 3 is 2.54 bits per heavy atom. The van der Waals surface area contributed by atoms with Gasteiger partial charge in [-0.2, -0.15) is 0 Å². The molecule has 0 aliphatic carbocycles. The number of nitrogens with one attached hydrogen (secondary N) is 1. The molecule has 1 heterocycles. The van der Waals surface area contributed by atoms with Crippen molar-refractivity contribution in [1.82, 2.24) is 10.2 Å². The van der Waals surface area contributed by atoms with Crippen LogP contribution in [0, 0.1) is 6.92 Å². The highest BCUT2D eigenvalue weighted by molar-refractivity contribution is 5.95. The second-order valence-electron chi connectivity index (χ2n) is 5.68. The van der Waals surface area contributed by atoms with E-state index in [1.165, 1.54) is 11.0 Å². The van der Waals surface area contributed by atoms with Crippen LogP contribution >= 0.6 is 0 Å². The van der Waals surface area contributed by atoms with Crippen molar-refractivity contribution in [2.45, 2.75) is 26.4 Å². The largest absolute Gasteiger partial charge is 0.464 e. The first-order valence-corrected chi connectivity index (χ1v) is 7.79. The van der Waals surface area contributed by atoms with Gasteiger partial charge in [0, 0.05) is 13.1 Å². The van der Waals surface area contributed by atoms with Crippen molar-refractivity contribution in [3.63, 3.8) is 0 Å². The minimum Gasteiger partial charge on any atom is -0.464 e. The van der Waals surface area contributed by atoms with Crippen LogP contribution in [0.3, 0.4) is 0 Å². The molecule has 1 N–H and O–H groups in total. The monoisotopic (exact) mass is 326 g/mol. The lowest BCUT2D eigenvalue weighted by molar-refractivity contribution is -0.134. The summed E-state index contributed by atoms with van der Waals surface area (Å²) in [4.78, 5) is 25.8. The molecule has 126 valence electrons. The van der Waals surface area contributed by atoms with Gasteiger partial charge in [0.25, 0.3) is 0 Å². The zero-order chi connectivity index (χ0) is 17.5. The van der Waals surface area contributed by atoms with Crippen molar-refractivity contribution in [3.05, 3.63) is 65.6 Å². The second-order valence-corrected chi connectivity index (χ2v) is 5.68. The summed E-state index contributed by atoms with van der Waals surface area (Å²) in [6.45, 7) is 3.89. The normalized spacial score (nSPS) is 12.1. The van der Waals surface area contributed by atoms with Crippen molar-refractivity contribution in [2.24, 2.45) is 0 Å². The van der Waals surface area contributed by atoms with Gasteiger partial charge in [-0.1, -0.05) is 30.3 Å². The Bertz CT molecular complexity index is 719. The number of carbonyl (C=O) groups is 2. The van der Waals surface area contributed by atoms with Crippen LogP contribution in [0.1, 0.15) is 24.0 Å². The summed E-state index contributed by atoms with van der Waals surface area (Å²) in [7, 11) is 1.68. The van der Waals surface area contributed by atoms with Crippen molar-refractivity contribution in [3.8, 4) is 0 Å². The van der Waals surface area contributed by atoms with Crippen LogP contribution in [0.4, 0.5) is 0 Å². The molecular formula is C19H22N2O3. The molecule has 0 saturated heterocycles. The molecule has 1 unspecified atom stereocenters. The smallest absolute Gasteiger partial charge is 0.245 e. The van der Waals surface area contributed by atoms with E-state index in [1.54, 1.807) is 20.0 Å². The first-order valence-electron chi connectivity index (χ1n) is 7.79. The average Bonchev–Trinajstić information content (AvgIpc) is 2.98. The topological polar surface area (TPSA) is 62.6 Å². The summed E-state index contributed by atoms with van der Waals surface area (Å²) in [5, 5.41) is 2.67. The molecule has 1 atom stereocenters. The van der Waals surface area contributed by atoms with Crippen LogP contribution in [0.5, 0.6) is 0 Å². The molecule has 5 heteroatoms. The maximum atomic E-state index is 12.3.